The molecule has 0 saturated heterocycles. The van der Waals surface area contributed by atoms with E-state index in [1.807, 2.05) is 25.9 Å². The first kappa shape index (κ1) is 18.8. The molecule has 0 N–H and O–H groups in total. The van der Waals surface area contributed by atoms with E-state index in [4.69, 9.17) is 16.3 Å². The normalized spacial score (nSPS) is 12.0. The molecule has 0 fully saturated rings. The highest BCUT2D eigenvalue weighted by atomic mass is 35.5. The van der Waals surface area contributed by atoms with E-state index >= 15 is 0 Å². The van der Waals surface area contributed by atoms with E-state index in [1.165, 1.54) is 10.2 Å². The maximum Gasteiger partial charge on any atom is 0.268 e. The van der Waals surface area contributed by atoms with Crippen LogP contribution < -0.4 is 4.74 Å². The van der Waals surface area contributed by atoms with Crippen LogP contribution in [0.3, 0.4) is 0 Å². The van der Waals surface area contributed by atoms with Gasteiger partial charge in [-0.1, -0.05) is 29.3 Å². The second kappa shape index (κ2) is 7.31. The first-order valence-electron chi connectivity index (χ1n) is 8.19. The molecule has 0 bridgehead atoms. The Balaban J connectivity index is 2.10. The molecule has 0 saturated carbocycles. The van der Waals surface area contributed by atoms with Gasteiger partial charge in [0, 0.05) is 17.0 Å². The summed E-state index contributed by atoms with van der Waals surface area (Å²) < 4.78 is 33.3. The highest BCUT2D eigenvalue weighted by Crippen LogP contribution is 2.33. The summed E-state index contributed by atoms with van der Waals surface area (Å²) in [5.74, 6) is 0.522. The molecule has 3 aromatic rings. The standard InChI is InChI=1S/C19H21ClN2O3S/c1-14-4-7-16(8-5-14)26(23,24)22-13-19(25-11-10-21(2)3)17-9-6-15(20)12-18(17)22/h4-9,12-13H,10-11H2,1-3H3. The number of rotatable bonds is 6. The van der Waals surface area contributed by atoms with Crippen molar-refractivity contribution in [3.63, 3.8) is 0 Å². The van der Waals surface area contributed by atoms with Gasteiger partial charge in [0.05, 0.1) is 16.6 Å². The number of hydrogen-bond donors (Lipinski definition) is 0. The number of ether oxygens (including phenoxy) is 1. The minimum Gasteiger partial charge on any atom is -0.490 e. The molecule has 1 heterocycles. The summed E-state index contributed by atoms with van der Waals surface area (Å²) in [5.41, 5.74) is 1.50. The second-order valence-corrected chi connectivity index (χ2v) is 8.67. The lowest BCUT2D eigenvalue weighted by Crippen LogP contribution is -2.19. The zero-order valence-corrected chi connectivity index (χ0v) is 16.5. The maximum atomic E-state index is 13.1. The van der Waals surface area contributed by atoms with Crippen molar-refractivity contribution in [3.8, 4) is 5.75 Å². The predicted molar refractivity (Wildman–Crippen MR) is 105 cm³/mol. The molecule has 0 spiro atoms. The Bertz CT molecular complexity index is 1020. The first-order valence-corrected chi connectivity index (χ1v) is 10.0. The summed E-state index contributed by atoms with van der Waals surface area (Å²) in [4.78, 5) is 2.22. The Morgan fingerprint density at radius 1 is 1.12 bits per heavy atom. The molecule has 2 aromatic carbocycles. The molecule has 0 atom stereocenters. The zero-order chi connectivity index (χ0) is 18.9. The molecule has 5 nitrogen and oxygen atoms in total. The minimum absolute atomic E-state index is 0.222. The number of aryl methyl sites for hydroxylation is 1. The van der Waals surface area contributed by atoms with Crippen LogP contribution in [0.2, 0.25) is 5.02 Å². The first-order chi connectivity index (χ1) is 12.3. The van der Waals surface area contributed by atoms with E-state index < -0.39 is 10.0 Å². The van der Waals surface area contributed by atoms with Crippen LogP contribution in [-0.2, 0) is 10.0 Å². The van der Waals surface area contributed by atoms with Crippen LogP contribution in [0.15, 0.2) is 53.6 Å². The lowest BCUT2D eigenvalue weighted by molar-refractivity contribution is 0.263. The summed E-state index contributed by atoms with van der Waals surface area (Å²) >= 11 is 6.11. The molecule has 0 aliphatic rings. The van der Waals surface area contributed by atoms with E-state index in [0.717, 1.165) is 12.1 Å². The van der Waals surface area contributed by atoms with Gasteiger partial charge in [0.25, 0.3) is 10.0 Å². The van der Waals surface area contributed by atoms with Gasteiger partial charge >= 0.3 is 0 Å². The van der Waals surface area contributed by atoms with E-state index in [1.54, 1.807) is 42.5 Å². The SMILES string of the molecule is Cc1ccc(S(=O)(=O)n2cc(OCCN(C)C)c3ccc(Cl)cc32)cc1. The van der Waals surface area contributed by atoms with Crippen LogP contribution >= 0.6 is 11.6 Å². The van der Waals surface area contributed by atoms with Gasteiger partial charge in [-0.2, -0.15) is 0 Å². The Kier molecular flexibility index (Phi) is 5.27. The zero-order valence-electron chi connectivity index (χ0n) is 14.9. The number of hydrogen-bond acceptors (Lipinski definition) is 4. The molecule has 0 radical (unpaired) electrons. The van der Waals surface area contributed by atoms with Crippen LogP contribution in [0, 0.1) is 6.92 Å². The number of likely N-dealkylation sites (N-methyl/N-ethyl adjacent to an activating group) is 1. The number of halogens is 1. The average Bonchev–Trinajstić information content (AvgIpc) is 2.93. The number of nitrogens with zero attached hydrogens (tertiary/aromatic N) is 2. The quantitative estimate of drug-likeness (QED) is 0.640. The molecule has 1 aromatic heterocycles. The monoisotopic (exact) mass is 392 g/mol. The highest BCUT2D eigenvalue weighted by molar-refractivity contribution is 7.90. The molecule has 3 rings (SSSR count). The highest BCUT2D eigenvalue weighted by Gasteiger charge is 2.22. The Morgan fingerprint density at radius 3 is 2.46 bits per heavy atom. The van der Waals surface area contributed by atoms with Gasteiger partial charge in [-0.25, -0.2) is 12.4 Å². The summed E-state index contributed by atoms with van der Waals surface area (Å²) in [6, 6.07) is 11.9. The largest absolute Gasteiger partial charge is 0.490 e. The predicted octanol–water partition coefficient (Wildman–Crippen LogP) is 3.78. The van der Waals surface area contributed by atoms with Crippen molar-refractivity contribution in [1.29, 1.82) is 0 Å². The molecule has 26 heavy (non-hydrogen) atoms. The van der Waals surface area contributed by atoms with Gasteiger partial charge in [-0.3, -0.25) is 0 Å². The van der Waals surface area contributed by atoms with Crippen molar-refractivity contribution in [3.05, 3.63) is 59.2 Å². The molecule has 138 valence electrons. The average molecular weight is 393 g/mol. The number of aromatic nitrogens is 1. The topological polar surface area (TPSA) is 51.5 Å². The van der Waals surface area contributed by atoms with Crippen LogP contribution in [0.1, 0.15) is 5.56 Å². The van der Waals surface area contributed by atoms with Crippen molar-refractivity contribution in [2.75, 3.05) is 27.2 Å². The molecule has 0 amide bonds. The van der Waals surface area contributed by atoms with E-state index in [0.29, 0.717) is 28.3 Å². The van der Waals surface area contributed by atoms with Crippen LogP contribution in [0.5, 0.6) is 5.75 Å². The Morgan fingerprint density at radius 2 is 1.81 bits per heavy atom. The van der Waals surface area contributed by atoms with Gasteiger partial charge in [-0.15, -0.1) is 0 Å². The van der Waals surface area contributed by atoms with Crippen molar-refractivity contribution in [2.45, 2.75) is 11.8 Å². The number of benzene rings is 2. The van der Waals surface area contributed by atoms with Gasteiger partial charge in [0.1, 0.15) is 12.4 Å². The third kappa shape index (κ3) is 3.72. The fourth-order valence-electron chi connectivity index (χ4n) is 2.62. The summed E-state index contributed by atoms with van der Waals surface area (Å²) in [6.45, 7) is 3.10. The molecule has 0 aliphatic carbocycles. The van der Waals surface area contributed by atoms with Crippen molar-refractivity contribution >= 4 is 32.5 Å². The van der Waals surface area contributed by atoms with Gasteiger partial charge < -0.3 is 9.64 Å². The fourth-order valence-corrected chi connectivity index (χ4v) is 4.13. The smallest absolute Gasteiger partial charge is 0.268 e. The summed E-state index contributed by atoms with van der Waals surface area (Å²) in [5, 5.41) is 1.18. The van der Waals surface area contributed by atoms with Crippen LogP contribution in [0.4, 0.5) is 0 Å². The molecule has 0 aliphatic heterocycles. The Hall–Kier alpha value is -2.02. The van der Waals surface area contributed by atoms with Crippen molar-refractivity contribution in [1.82, 2.24) is 8.87 Å². The number of fused-ring (bicyclic) bond motifs is 1. The van der Waals surface area contributed by atoms with Gasteiger partial charge in [-0.05, 0) is 51.4 Å². The molecule has 0 unspecified atom stereocenters. The third-order valence-electron chi connectivity index (χ3n) is 4.07. The van der Waals surface area contributed by atoms with E-state index in [2.05, 4.69) is 0 Å². The lowest BCUT2D eigenvalue weighted by Gasteiger charge is -2.10. The third-order valence-corrected chi connectivity index (χ3v) is 5.99. The maximum absolute atomic E-state index is 13.1. The van der Waals surface area contributed by atoms with Crippen LogP contribution in [-0.4, -0.2) is 44.5 Å². The molecular formula is C19H21ClN2O3S. The van der Waals surface area contributed by atoms with Crippen molar-refractivity contribution < 1.29 is 13.2 Å². The van der Waals surface area contributed by atoms with E-state index in [-0.39, 0.29) is 4.90 Å². The van der Waals surface area contributed by atoms with Gasteiger partial charge in [0.15, 0.2) is 0 Å². The Labute approximate surface area is 158 Å². The van der Waals surface area contributed by atoms with Crippen molar-refractivity contribution in [2.24, 2.45) is 0 Å². The second-order valence-electron chi connectivity index (χ2n) is 6.42. The lowest BCUT2D eigenvalue weighted by atomic mass is 10.2. The molecule has 7 heteroatoms. The minimum atomic E-state index is -3.75. The summed E-state index contributed by atoms with van der Waals surface area (Å²) in [6.07, 6.45) is 1.52. The van der Waals surface area contributed by atoms with E-state index in [9.17, 15) is 8.42 Å². The van der Waals surface area contributed by atoms with Gasteiger partial charge in [0.2, 0.25) is 0 Å². The fraction of sp³-hybridized carbons (Fsp3) is 0.263. The van der Waals surface area contributed by atoms with Crippen LogP contribution in [0.25, 0.3) is 10.9 Å². The summed E-state index contributed by atoms with van der Waals surface area (Å²) in [7, 11) is 0.153. The molecular weight excluding hydrogens is 372 g/mol.